The molecule has 0 heterocycles. The van der Waals surface area contributed by atoms with Crippen LogP contribution in [-0.2, 0) is 0 Å². The average Bonchev–Trinajstić information content (AvgIpc) is 2.63. The highest BCUT2D eigenvalue weighted by Gasteiger charge is 2.26. The second-order valence-corrected chi connectivity index (χ2v) is 4.35. The van der Waals surface area contributed by atoms with Crippen LogP contribution in [0.3, 0.4) is 0 Å². The molecular weight excluding hydrogens is 156 g/mol. The highest BCUT2D eigenvalue weighted by Crippen LogP contribution is 2.38. The van der Waals surface area contributed by atoms with Gasteiger partial charge in [-0.15, -0.1) is 0 Å². The van der Waals surface area contributed by atoms with Crippen LogP contribution in [0.5, 0.6) is 0 Å². The first-order valence-electron chi connectivity index (χ1n) is 6.11. The zero-order valence-corrected chi connectivity index (χ0v) is 10.9. The molecule has 0 radical (unpaired) electrons. The maximum Gasteiger partial charge on any atom is -0.0354 e. The lowest BCUT2D eigenvalue weighted by molar-refractivity contribution is 0.246. The number of hydrogen-bond donors (Lipinski definition) is 0. The first-order valence-corrected chi connectivity index (χ1v) is 6.11. The van der Waals surface area contributed by atoms with E-state index in [9.17, 15) is 0 Å². The van der Waals surface area contributed by atoms with E-state index >= 15 is 0 Å². The number of rotatable bonds is 0. The minimum absolute atomic E-state index is 0.580. The minimum atomic E-state index is 0.580. The van der Waals surface area contributed by atoms with Gasteiger partial charge >= 0.3 is 0 Å². The zero-order valence-electron chi connectivity index (χ0n) is 10.9. The van der Waals surface area contributed by atoms with Gasteiger partial charge in [0, 0.05) is 0 Å². The molecule has 1 saturated carbocycles. The summed E-state index contributed by atoms with van der Waals surface area (Å²) in [5.41, 5.74) is 0.580. The third-order valence-corrected chi connectivity index (χ3v) is 2.58. The van der Waals surface area contributed by atoms with Crippen LogP contribution in [0.4, 0.5) is 0 Å². The van der Waals surface area contributed by atoms with Gasteiger partial charge in [0.2, 0.25) is 0 Å². The summed E-state index contributed by atoms with van der Waals surface area (Å²) in [5, 5.41) is 0. The van der Waals surface area contributed by atoms with Crippen molar-refractivity contribution < 1.29 is 0 Å². The van der Waals surface area contributed by atoms with Gasteiger partial charge in [0.25, 0.3) is 0 Å². The standard InChI is InChI=1S/C9H18.2C2H6/c1-9(2,3)8-6-4-5-7-8;2*1-2/h8H,4-7H2,1-3H3;2*1-2H3. The quantitative estimate of drug-likeness (QED) is 0.483. The molecule has 1 rings (SSSR count). The van der Waals surface area contributed by atoms with Gasteiger partial charge in [-0.2, -0.15) is 0 Å². The molecule has 0 heteroatoms. The lowest BCUT2D eigenvalue weighted by atomic mass is 9.80. The van der Waals surface area contributed by atoms with Crippen LogP contribution in [0.2, 0.25) is 0 Å². The summed E-state index contributed by atoms with van der Waals surface area (Å²) in [5.74, 6) is 1.01. The smallest absolute Gasteiger partial charge is 0.0354 e. The molecular formula is C13H30. The topological polar surface area (TPSA) is 0 Å². The van der Waals surface area contributed by atoms with Crippen LogP contribution in [0.1, 0.15) is 74.1 Å². The van der Waals surface area contributed by atoms with E-state index in [4.69, 9.17) is 0 Å². The van der Waals surface area contributed by atoms with Crippen LogP contribution >= 0.6 is 0 Å². The van der Waals surface area contributed by atoms with Crippen molar-refractivity contribution in [3.63, 3.8) is 0 Å². The Balaban J connectivity index is 0. The Bertz CT molecular complexity index is 80.7. The molecule has 0 N–H and O–H groups in total. The van der Waals surface area contributed by atoms with Crippen LogP contribution in [0, 0.1) is 11.3 Å². The first-order chi connectivity index (χ1) is 6.11. The maximum atomic E-state index is 2.36. The van der Waals surface area contributed by atoms with Crippen molar-refractivity contribution in [1.29, 1.82) is 0 Å². The molecule has 0 spiro atoms. The third-order valence-electron chi connectivity index (χ3n) is 2.58. The number of hydrogen-bond acceptors (Lipinski definition) is 0. The third kappa shape index (κ3) is 7.10. The van der Waals surface area contributed by atoms with Crippen molar-refractivity contribution in [2.75, 3.05) is 0 Å². The molecule has 1 aliphatic carbocycles. The van der Waals surface area contributed by atoms with Crippen LogP contribution in [-0.4, -0.2) is 0 Å². The average molecular weight is 186 g/mol. The van der Waals surface area contributed by atoms with Crippen LogP contribution in [0.15, 0.2) is 0 Å². The van der Waals surface area contributed by atoms with Crippen molar-refractivity contribution in [2.24, 2.45) is 11.3 Å². The first kappa shape index (κ1) is 15.5. The lowest BCUT2D eigenvalue weighted by Gasteiger charge is -2.26. The van der Waals surface area contributed by atoms with Crippen molar-refractivity contribution >= 4 is 0 Å². The minimum Gasteiger partial charge on any atom is -0.0683 e. The molecule has 0 aromatic heterocycles. The van der Waals surface area contributed by atoms with E-state index in [1.807, 2.05) is 27.7 Å². The summed E-state index contributed by atoms with van der Waals surface area (Å²) in [6, 6.07) is 0. The Morgan fingerprint density at radius 3 is 1.23 bits per heavy atom. The highest BCUT2D eigenvalue weighted by molar-refractivity contribution is 4.78. The Hall–Kier alpha value is 0. The molecule has 0 unspecified atom stereocenters. The molecule has 0 aromatic carbocycles. The van der Waals surface area contributed by atoms with Gasteiger partial charge in [0.05, 0.1) is 0 Å². The summed E-state index contributed by atoms with van der Waals surface area (Å²) >= 11 is 0. The maximum absolute atomic E-state index is 2.36. The van der Waals surface area contributed by atoms with Crippen molar-refractivity contribution in [1.82, 2.24) is 0 Å². The monoisotopic (exact) mass is 186 g/mol. The van der Waals surface area contributed by atoms with E-state index < -0.39 is 0 Å². The Morgan fingerprint density at radius 1 is 0.769 bits per heavy atom. The van der Waals surface area contributed by atoms with E-state index in [1.54, 1.807) is 0 Å². The summed E-state index contributed by atoms with van der Waals surface area (Å²) in [7, 11) is 0. The lowest BCUT2D eigenvalue weighted by Crippen LogP contribution is -2.16. The largest absolute Gasteiger partial charge is 0.0683 e. The summed E-state index contributed by atoms with van der Waals surface area (Å²) in [6.45, 7) is 15.1. The Morgan fingerprint density at radius 2 is 1.08 bits per heavy atom. The fourth-order valence-electron chi connectivity index (χ4n) is 1.79. The molecule has 0 atom stereocenters. The molecule has 0 nitrogen and oxygen atoms in total. The second kappa shape index (κ2) is 8.59. The fraction of sp³-hybridized carbons (Fsp3) is 1.00. The van der Waals surface area contributed by atoms with Crippen LogP contribution in [0.25, 0.3) is 0 Å². The molecule has 0 aliphatic heterocycles. The van der Waals surface area contributed by atoms with E-state index in [0.29, 0.717) is 5.41 Å². The molecule has 0 aromatic rings. The van der Waals surface area contributed by atoms with Gasteiger partial charge in [-0.3, -0.25) is 0 Å². The molecule has 82 valence electrons. The van der Waals surface area contributed by atoms with Crippen LogP contribution < -0.4 is 0 Å². The van der Waals surface area contributed by atoms with E-state index in [2.05, 4.69) is 20.8 Å². The molecule has 13 heavy (non-hydrogen) atoms. The summed E-state index contributed by atoms with van der Waals surface area (Å²) in [4.78, 5) is 0. The Kier molecular flexibility index (Phi) is 10.2. The molecule has 0 bridgehead atoms. The van der Waals surface area contributed by atoms with E-state index in [-0.39, 0.29) is 0 Å². The molecule has 1 aliphatic rings. The van der Waals surface area contributed by atoms with Gasteiger partial charge in [-0.1, -0.05) is 61.3 Å². The summed E-state index contributed by atoms with van der Waals surface area (Å²) < 4.78 is 0. The SMILES string of the molecule is CC.CC.CC(C)(C)C1CCCC1. The van der Waals surface area contributed by atoms with Gasteiger partial charge in [0.1, 0.15) is 0 Å². The predicted octanol–water partition coefficient (Wildman–Crippen LogP) is 5.28. The molecule has 1 fully saturated rings. The van der Waals surface area contributed by atoms with Crippen molar-refractivity contribution in [2.45, 2.75) is 74.1 Å². The van der Waals surface area contributed by atoms with Gasteiger partial charge in [0.15, 0.2) is 0 Å². The van der Waals surface area contributed by atoms with E-state index in [1.165, 1.54) is 25.7 Å². The van der Waals surface area contributed by atoms with E-state index in [0.717, 1.165) is 5.92 Å². The zero-order chi connectivity index (χ0) is 10.9. The highest BCUT2D eigenvalue weighted by atomic mass is 14.3. The summed E-state index contributed by atoms with van der Waals surface area (Å²) in [6.07, 6.45) is 5.90. The fourth-order valence-corrected chi connectivity index (χ4v) is 1.79. The second-order valence-electron chi connectivity index (χ2n) is 4.35. The normalized spacial score (nSPS) is 16.8. The molecule has 0 amide bonds. The van der Waals surface area contributed by atoms with Gasteiger partial charge in [-0.25, -0.2) is 0 Å². The Labute approximate surface area is 86.1 Å². The van der Waals surface area contributed by atoms with Crippen molar-refractivity contribution in [3.8, 4) is 0 Å². The predicted molar refractivity (Wildman–Crippen MR) is 64.1 cm³/mol. The van der Waals surface area contributed by atoms with Gasteiger partial charge in [-0.05, 0) is 24.2 Å². The molecule has 0 saturated heterocycles. The van der Waals surface area contributed by atoms with Crippen molar-refractivity contribution in [3.05, 3.63) is 0 Å². The van der Waals surface area contributed by atoms with Gasteiger partial charge < -0.3 is 0 Å².